The van der Waals surface area contributed by atoms with Crippen LogP contribution in [0.5, 0.6) is 11.5 Å². The van der Waals surface area contributed by atoms with Gasteiger partial charge in [0, 0.05) is 43.1 Å². The average Bonchev–Trinajstić information content (AvgIpc) is 3.05. The summed E-state index contributed by atoms with van der Waals surface area (Å²) in [5, 5.41) is 3.46. The number of fused-ring (bicyclic) bond motifs is 1. The Kier molecular flexibility index (Phi) is 4.93. The lowest BCUT2D eigenvalue weighted by Crippen LogP contribution is -2.23. The van der Waals surface area contributed by atoms with Crippen LogP contribution in [0.2, 0.25) is 0 Å². The molecule has 1 fully saturated rings. The highest BCUT2D eigenvalue weighted by atomic mass is 16.5. The van der Waals surface area contributed by atoms with Crippen LogP contribution in [0.4, 0.5) is 5.82 Å². The predicted molar refractivity (Wildman–Crippen MR) is 101 cm³/mol. The Hall–Kier alpha value is -2.34. The number of methoxy groups -OCH3 is 2. The Morgan fingerprint density at radius 2 is 2.00 bits per heavy atom. The minimum atomic E-state index is 0.412. The molecule has 1 aromatic heterocycles. The summed E-state index contributed by atoms with van der Waals surface area (Å²) in [4.78, 5) is 11.6. The highest BCUT2D eigenvalue weighted by Gasteiger charge is 2.29. The number of hydrogen-bond acceptors (Lipinski definition) is 6. The van der Waals surface area contributed by atoms with Crippen molar-refractivity contribution >= 4 is 5.82 Å². The third-order valence-electron chi connectivity index (χ3n) is 5.47. The van der Waals surface area contributed by atoms with Gasteiger partial charge < -0.3 is 19.7 Å². The molecule has 3 heterocycles. The fourth-order valence-electron chi connectivity index (χ4n) is 4.09. The van der Waals surface area contributed by atoms with E-state index in [-0.39, 0.29) is 0 Å². The van der Waals surface area contributed by atoms with Crippen molar-refractivity contribution in [1.29, 1.82) is 0 Å². The molecule has 6 heteroatoms. The number of rotatable bonds is 4. The third-order valence-corrected chi connectivity index (χ3v) is 5.47. The second kappa shape index (κ2) is 7.50. The van der Waals surface area contributed by atoms with E-state index in [0.29, 0.717) is 5.92 Å². The summed E-state index contributed by atoms with van der Waals surface area (Å²) in [5.41, 5.74) is 3.73. The van der Waals surface area contributed by atoms with E-state index in [9.17, 15) is 0 Å². The lowest BCUT2D eigenvalue weighted by Gasteiger charge is -2.22. The standard InChI is InChI=1S/C20H26N4O2/c1-25-15-3-4-19(26-2)17(11-15)14-7-10-24(12-14)20-16-5-8-21-9-6-18(16)22-13-23-20/h3-4,11,13-14,21H,5-10,12H2,1-2H3/t14-/m0/s1. The molecule has 0 radical (unpaired) electrons. The van der Waals surface area contributed by atoms with Crippen molar-refractivity contribution in [3.63, 3.8) is 0 Å². The Bertz CT molecular complexity index is 780. The van der Waals surface area contributed by atoms with E-state index in [1.54, 1.807) is 20.5 Å². The Morgan fingerprint density at radius 3 is 2.85 bits per heavy atom. The molecule has 0 amide bonds. The summed E-state index contributed by atoms with van der Waals surface area (Å²) >= 11 is 0. The molecule has 0 spiro atoms. The summed E-state index contributed by atoms with van der Waals surface area (Å²) in [6.07, 6.45) is 4.78. The van der Waals surface area contributed by atoms with Gasteiger partial charge in [-0.2, -0.15) is 0 Å². The number of anilines is 1. The molecular weight excluding hydrogens is 328 g/mol. The number of nitrogens with one attached hydrogen (secondary N) is 1. The Labute approximate surface area is 154 Å². The molecule has 138 valence electrons. The fraction of sp³-hybridized carbons (Fsp3) is 0.500. The molecule has 2 aliphatic heterocycles. The van der Waals surface area contributed by atoms with E-state index in [2.05, 4.69) is 26.3 Å². The molecule has 0 unspecified atom stereocenters. The van der Waals surface area contributed by atoms with E-state index in [1.807, 2.05) is 12.1 Å². The van der Waals surface area contributed by atoms with E-state index >= 15 is 0 Å². The van der Waals surface area contributed by atoms with Crippen molar-refractivity contribution in [2.45, 2.75) is 25.2 Å². The molecule has 1 aromatic carbocycles. The summed E-state index contributed by atoms with van der Waals surface area (Å²) < 4.78 is 11.0. The maximum atomic E-state index is 5.60. The van der Waals surface area contributed by atoms with Crippen LogP contribution >= 0.6 is 0 Å². The summed E-state index contributed by atoms with van der Waals surface area (Å²) in [6, 6.07) is 6.06. The summed E-state index contributed by atoms with van der Waals surface area (Å²) in [5.74, 6) is 3.34. The van der Waals surface area contributed by atoms with E-state index in [4.69, 9.17) is 9.47 Å². The van der Waals surface area contributed by atoms with Crippen LogP contribution in [-0.4, -0.2) is 50.4 Å². The molecule has 1 saturated heterocycles. The monoisotopic (exact) mass is 354 g/mol. The topological polar surface area (TPSA) is 59.5 Å². The van der Waals surface area contributed by atoms with Crippen molar-refractivity contribution in [3.8, 4) is 11.5 Å². The predicted octanol–water partition coefficient (Wildman–Crippen LogP) is 2.18. The van der Waals surface area contributed by atoms with Crippen LogP contribution in [-0.2, 0) is 12.8 Å². The van der Waals surface area contributed by atoms with Gasteiger partial charge in [0.1, 0.15) is 23.6 Å². The van der Waals surface area contributed by atoms with Crippen LogP contribution < -0.4 is 19.7 Å². The number of hydrogen-bond donors (Lipinski definition) is 1. The van der Waals surface area contributed by atoms with Gasteiger partial charge in [-0.1, -0.05) is 0 Å². The highest BCUT2D eigenvalue weighted by Crippen LogP contribution is 2.38. The first-order chi connectivity index (χ1) is 12.8. The van der Waals surface area contributed by atoms with E-state index < -0.39 is 0 Å². The smallest absolute Gasteiger partial charge is 0.135 e. The summed E-state index contributed by atoms with van der Waals surface area (Å²) in [7, 11) is 3.44. The van der Waals surface area contributed by atoms with Crippen molar-refractivity contribution in [2.24, 2.45) is 0 Å². The molecule has 0 saturated carbocycles. The average molecular weight is 354 g/mol. The molecule has 1 N–H and O–H groups in total. The van der Waals surface area contributed by atoms with Gasteiger partial charge in [-0.15, -0.1) is 0 Å². The van der Waals surface area contributed by atoms with Gasteiger partial charge in [0.25, 0.3) is 0 Å². The van der Waals surface area contributed by atoms with Crippen molar-refractivity contribution in [3.05, 3.63) is 41.3 Å². The molecule has 1 atom stereocenters. The lowest BCUT2D eigenvalue weighted by atomic mass is 9.97. The van der Waals surface area contributed by atoms with Gasteiger partial charge in [0.2, 0.25) is 0 Å². The van der Waals surface area contributed by atoms with Gasteiger partial charge in [-0.25, -0.2) is 9.97 Å². The quantitative estimate of drug-likeness (QED) is 0.908. The Balaban J connectivity index is 1.60. The largest absolute Gasteiger partial charge is 0.497 e. The molecule has 26 heavy (non-hydrogen) atoms. The van der Waals surface area contributed by atoms with Crippen LogP contribution in [0.1, 0.15) is 29.2 Å². The first-order valence-electron chi connectivity index (χ1n) is 9.30. The third kappa shape index (κ3) is 3.21. The van der Waals surface area contributed by atoms with Gasteiger partial charge >= 0.3 is 0 Å². The Morgan fingerprint density at radius 1 is 1.12 bits per heavy atom. The van der Waals surface area contributed by atoms with Gasteiger partial charge in [-0.3, -0.25) is 0 Å². The molecule has 4 rings (SSSR count). The molecular formula is C20H26N4O2. The van der Waals surface area contributed by atoms with E-state index in [0.717, 1.165) is 62.8 Å². The normalized spacial score (nSPS) is 19.8. The van der Waals surface area contributed by atoms with Crippen LogP contribution in [0.25, 0.3) is 0 Å². The zero-order valence-corrected chi connectivity index (χ0v) is 15.5. The molecule has 2 aromatic rings. The van der Waals surface area contributed by atoms with E-state index in [1.165, 1.54) is 16.8 Å². The SMILES string of the molecule is COc1ccc(OC)c([C@H]2CCN(c3ncnc4c3CCNCC4)C2)c1. The molecule has 0 bridgehead atoms. The number of aromatic nitrogens is 2. The zero-order chi connectivity index (χ0) is 17.9. The first-order valence-corrected chi connectivity index (χ1v) is 9.30. The molecule has 6 nitrogen and oxygen atoms in total. The number of benzene rings is 1. The van der Waals surface area contributed by atoms with Crippen LogP contribution in [0.3, 0.4) is 0 Å². The van der Waals surface area contributed by atoms with Gasteiger partial charge in [-0.05, 0) is 37.6 Å². The second-order valence-corrected chi connectivity index (χ2v) is 6.91. The van der Waals surface area contributed by atoms with Crippen LogP contribution in [0.15, 0.2) is 24.5 Å². The van der Waals surface area contributed by atoms with Gasteiger partial charge in [0.05, 0.1) is 19.9 Å². The number of nitrogens with zero attached hydrogens (tertiary/aromatic N) is 3. The molecule has 2 aliphatic rings. The van der Waals surface area contributed by atoms with Crippen molar-refractivity contribution < 1.29 is 9.47 Å². The second-order valence-electron chi connectivity index (χ2n) is 6.91. The highest BCUT2D eigenvalue weighted by molar-refractivity contribution is 5.52. The van der Waals surface area contributed by atoms with Crippen molar-refractivity contribution in [1.82, 2.24) is 15.3 Å². The minimum absolute atomic E-state index is 0.412. The van der Waals surface area contributed by atoms with Gasteiger partial charge in [0.15, 0.2) is 0 Å². The zero-order valence-electron chi connectivity index (χ0n) is 15.5. The summed E-state index contributed by atoms with van der Waals surface area (Å²) in [6.45, 7) is 3.93. The maximum absolute atomic E-state index is 5.60. The lowest BCUT2D eigenvalue weighted by molar-refractivity contribution is 0.396. The van der Waals surface area contributed by atoms with Crippen molar-refractivity contribution in [2.75, 3.05) is 45.3 Å². The number of ether oxygens (including phenoxy) is 2. The minimum Gasteiger partial charge on any atom is -0.497 e. The molecule has 0 aliphatic carbocycles. The first kappa shape index (κ1) is 17.1. The van der Waals surface area contributed by atoms with Crippen LogP contribution in [0, 0.1) is 0 Å². The fourth-order valence-corrected chi connectivity index (χ4v) is 4.09. The maximum Gasteiger partial charge on any atom is 0.135 e.